The standard InChI is InChI=1S/C21H20N2O/c1-15-13-20(23-12-11-16-7-5-6-10-19(16)23)22-14-18(15)21(24)17-8-3-2-4-9-17/h2-10,13-14,21,24H,11-12H2,1H3/t21-/m1/s1. The van der Waals surface area contributed by atoms with Crippen LogP contribution in [0.15, 0.2) is 66.9 Å². The van der Waals surface area contributed by atoms with E-state index in [-0.39, 0.29) is 0 Å². The van der Waals surface area contributed by atoms with Crippen molar-refractivity contribution >= 4 is 11.5 Å². The van der Waals surface area contributed by atoms with E-state index in [2.05, 4.69) is 40.2 Å². The molecule has 3 nitrogen and oxygen atoms in total. The molecule has 1 aliphatic heterocycles. The van der Waals surface area contributed by atoms with Gasteiger partial charge in [0.2, 0.25) is 0 Å². The second-order valence-corrected chi connectivity index (χ2v) is 6.24. The first-order valence-electron chi connectivity index (χ1n) is 8.29. The van der Waals surface area contributed by atoms with Crippen molar-refractivity contribution in [3.8, 4) is 0 Å². The van der Waals surface area contributed by atoms with E-state index in [1.54, 1.807) is 0 Å². The molecule has 1 aromatic heterocycles. The normalized spacial score (nSPS) is 14.5. The largest absolute Gasteiger partial charge is 0.384 e. The average Bonchev–Trinajstić information content (AvgIpc) is 3.06. The van der Waals surface area contributed by atoms with Crippen molar-refractivity contribution in [2.45, 2.75) is 19.4 Å². The molecule has 0 spiro atoms. The number of nitrogens with zero attached hydrogens (tertiary/aromatic N) is 2. The van der Waals surface area contributed by atoms with Gasteiger partial charge in [-0.1, -0.05) is 48.5 Å². The zero-order valence-corrected chi connectivity index (χ0v) is 13.7. The molecule has 3 heteroatoms. The minimum Gasteiger partial charge on any atom is -0.384 e. The SMILES string of the molecule is Cc1cc(N2CCc3ccccc32)ncc1[C@H](O)c1ccccc1. The molecule has 0 radical (unpaired) electrons. The molecular weight excluding hydrogens is 296 g/mol. The van der Waals surface area contributed by atoms with Crippen LogP contribution in [0.2, 0.25) is 0 Å². The molecule has 4 rings (SSSR count). The third-order valence-electron chi connectivity index (χ3n) is 4.71. The smallest absolute Gasteiger partial charge is 0.133 e. The predicted octanol–water partition coefficient (Wildman–Crippen LogP) is 4.17. The third-order valence-corrected chi connectivity index (χ3v) is 4.71. The van der Waals surface area contributed by atoms with Crippen LogP contribution in [0.25, 0.3) is 0 Å². The van der Waals surface area contributed by atoms with Gasteiger partial charge in [-0.3, -0.25) is 0 Å². The van der Waals surface area contributed by atoms with Gasteiger partial charge < -0.3 is 10.0 Å². The Bertz CT molecular complexity index is 861. The van der Waals surface area contributed by atoms with Crippen LogP contribution in [0.5, 0.6) is 0 Å². The summed E-state index contributed by atoms with van der Waals surface area (Å²) in [6, 6.07) is 20.3. The van der Waals surface area contributed by atoms with Crippen molar-refractivity contribution in [2.75, 3.05) is 11.4 Å². The molecule has 120 valence electrons. The first-order valence-corrected chi connectivity index (χ1v) is 8.29. The van der Waals surface area contributed by atoms with Gasteiger partial charge in [0.05, 0.1) is 0 Å². The maximum absolute atomic E-state index is 10.6. The molecule has 0 amide bonds. The fourth-order valence-corrected chi connectivity index (χ4v) is 3.38. The van der Waals surface area contributed by atoms with E-state index in [1.807, 2.05) is 43.5 Å². The summed E-state index contributed by atoms with van der Waals surface area (Å²) in [5.41, 5.74) is 5.41. The topological polar surface area (TPSA) is 36.4 Å². The zero-order chi connectivity index (χ0) is 16.5. The van der Waals surface area contributed by atoms with Crippen molar-refractivity contribution < 1.29 is 5.11 Å². The number of hydrogen-bond acceptors (Lipinski definition) is 3. The minimum absolute atomic E-state index is 0.640. The van der Waals surface area contributed by atoms with E-state index in [0.29, 0.717) is 0 Å². The summed E-state index contributed by atoms with van der Waals surface area (Å²) in [7, 11) is 0. The van der Waals surface area contributed by atoms with Gasteiger partial charge >= 0.3 is 0 Å². The number of aryl methyl sites for hydroxylation is 1. The molecule has 0 unspecified atom stereocenters. The molecule has 0 fully saturated rings. The van der Waals surface area contributed by atoms with Crippen molar-refractivity contribution in [1.29, 1.82) is 0 Å². The molecule has 2 aromatic carbocycles. The van der Waals surface area contributed by atoms with Crippen LogP contribution < -0.4 is 4.90 Å². The van der Waals surface area contributed by atoms with Gasteiger partial charge in [0, 0.05) is 24.0 Å². The molecule has 2 heterocycles. The van der Waals surface area contributed by atoms with Gasteiger partial charge in [-0.2, -0.15) is 0 Å². The monoisotopic (exact) mass is 316 g/mol. The van der Waals surface area contributed by atoms with Crippen LogP contribution in [0, 0.1) is 6.92 Å². The van der Waals surface area contributed by atoms with Crippen molar-refractivity contribution in [2.24, 2.45) is 0 Å². The average molecular weight is 316 g/mol. The first kappa shape index (κ1) is 14.9. The molecule has 1 atom stereocenters. The molecule has 0 saturated heterocycles. The summed E-state index contributed by atoms with van der Waals surface area (Å²) in [6.07, 6.45) is 2.22. The Morgan fingerprint density at radius 2 is 1.79 bits per heavy atom. The number of fused-ring (bicyclic) bond motifs is 1. The summed E-state index contributed by atoms with van der Waals surface area (Å²) in [5.74, 6) is 0.946. The summed E-state index contributed by atoms with van der Waals surface area (Å²) in [6.45, 7) is 2.99. The lowest BCUT2D eigenvalue weighted by atomic mass is 9.99. The van der Waals surface area contributed by atoms with Crippen LogP contribution in [-0.2, 0) is 6.42 Å². The molecule has 24 heavy (non-hydrogen) atoms. The number of pyridine rings is 1. The highest BCUT2D eigenvalue weighted by Crippen LogP contribution is 2.34. The Kier molecular flexibility index (Phi) is 3.79. The lowest BCUT2D eigenvalue weighted by molar-refractivity contribution is 0.219. The third kappa shape index (κ3) is 2.57. The van der Waals surface area contributed by atoms with E-state index in [0.717, 1.165) is 35.5 Å². The van der Waals surface area contributed by atoms with E-state index in [4.69, 9.17) is 0 Å². The van der Waals surface area contributed by atoms with Crippen LogP contribution in [0.1, 0.15) is 28.4 Å². The zero-order valence-electron chi connectivity index (χ0n) is 13.7. The number of para-hydroxylation sites is 1. The summed E-state index contributed by atoms with van der Waals surface area (Å²) >= 11 is 0. The van der Waals surface area contributed by atoms with Crippen LogP contribution >= 0.6 is 0 Å². The van der Waals surface area contributed by atoms with E-state index in [1.165, 1.54) is 11.3 Å². The number of anilines is 2. The number of aliphatic hydroxyl groups is 1. The molecule has 1 N–H and O–H groups in total. The second kappa shape index (κ2) is 6.10. The Labute approximate surface area is 142 Å². The molecular formula is C21H20N2O. The maximum Gasteiger partial charge on any atom is 0.133 e. The highest BCUT2D eigenvalue weighted by Gasteiger charge is 2.22. The predicted molar refractivity (Wildman–Crippen MR) is 96.6 cm³/mol. The highest BCUT2D eigenvalue weighted by molar-refractivity contribution is 5.68. The molecule has 3 aromatic rings. The van der Waals surface area contributed by atoms with Gasteiger partial charge in [-0.25, -0.2) is 4.98 Å². The van der Waals surface area contributed by atoms with Gasteiger partial charge in [-0.05, 0) is 42.2 Å². The van der Waals surface area contributed by atoms with E-state index < -0.39 is 6.10 Å². The lowest BCUT2D eigenvalue weighted by Crippen LogP contribution is -2.15. The van der Waals surface area contributed by atoms with Crippen molar-refractivity contribution in [3.63, 3.8) is 0 Å². The van der Waals surface area contributed by atoms with Crippen LogP contribution in [0.4, 0.5) is 11.5 Å². The van der Waals surface area contributed by atoms with Gasteiger partial charge in [0.1, 0.15) is 11.9 Å². The Morgan fingerprint density at radius 3 is 2.58 bits per heavy atom. The summed E-state index contributed by atoms with van der Waals surface area (Å²) in [4.78, 5) is 6.88. The minimum atomic E-state index is -0.640. The fourth-order valence-electron chi connectivity index (χ4n) is 3.38. The number of hydrogen-bond donors (Lipinski definition) is 1. The molecule has 0 bridgehead atoms. The van der Waals surface area contributed by atoms with E-state index >= 15 is 0 Å². The van der Waals surface area contributed by atoms with Crippen LogP contribution in [0.3, 0.4) is 0 Å². The van der Waals surface area contributed by atoms with Crippen molar-refractivity contribution in [3.05, 3.63) is 89.1 Å². The summed E-state index contributed by atoms with van der Waals surface area (Å²) < 4.78 is 0. The Hall–Kier alpha value is -2.65. The van der Waals surface area contributed by atoms with Gasteiger partial charge in [0.15, 0.2) is 0 Å². The van der Waals surface area contributed by atoms with Crippen LogP contribution in [-0.4, -0.2) is 16.6 Å². The Balaban J connectivity index is 1.66. The van der Waals surface area contributed by atoms with Gasteiger partial charge in [0.25, 0.3) is 0 Å². The number of aromatic nitrogens is 1. The first-order chi connectivity index (χ1) is 11.7. The number of aliphatic hydroxyl groups excluding tert-OH is 1. The molecule has 0 saturated carbocycles. The quantitative estimate of drug-likeness (QED) is 0.788. The lowest BCUT2D eigenvalue weighted by Gasteiger charge is -2.21. The fraction of sp³-hybridized carbons (Fsp3) is 0.190. The highest BCUT2D eigenvalue weighted by atomic mass is 16.3. The maximum atomic E-state index is 10.6. The second-order valence-electron chi connectivity index (χ2n) is 6.24. The Morgan fingerprint density at radius 1 is 1.04 bits per heavy atom. The molecule has 1 aliphatic rings. The van der Waals surface area contributed by atoms with Gasteiger partial charge in [-0.15, -0.1) is 0 Å². The van der Waals surface area contributed by atoms with Crippen molar-refractivity contribution in [1.82, 2.24) is 4.98 Å². The number of rotatable bonds is 3. The molecule has 0 aliphatic carbocycles. The van der Waals surface area contributed by atoms with E-state index in [9.17, 15) is 5.11 Å². The number of benzene rings is 2. The summed E-state index contributed by atoms with van der Waals surface area (Å²) in [5, 5.41) is 10.6.